The quantitative estimate of drug-likeness (QED) is 0.761. The molecule has 104 valence electrons. The number of amides is 2. The van der Waals surface area contributed by atoms with Gasteiger partial charge in [0.15, 0.2) is 0 Å². The third-order valence-electron chi connectivity index (χ3n) is 2.65. The molecule has 0 fully saturated rings. The minimum atomic E-state index is -0.640. The van der Waals surface area contributed by atoms with Crippen molar-refractivity contribution >= 4 is 23.2 Å². The fraction of sp³-hybridized carbons (Fsp3) is 0.429. The molecule has 1 atom stereocenters. The van der Waals surface area contributed by atoms with Crippen LogP contribution in [0.15, 0.2) is 24.3 Å². The van der Waals surface area contributed by atoms with Crippen molar-refractivity contribution in [3.8, 4) is 0 Å². The Morgan fingerprint density at radius 2 is 1.58 bits per heavy atom. The summed E-state index contributed by atoms with van der Waals surface area (Å²) in [4.78, 5) is 22.5. The van der Waals surface area contributed by atoms with Gasteiger partial charge in [0.25, 0.3) is 0 Å². The van der Waals surface area contributed by atoms with Crippen LogP contribution in [-0.2, 0) is 9.59 Å². The number of carbonyl (C=O) groups is 2. The van der Waals surface area contributed by atoms with E-state index in [4.69, 9.17) is 0 Å². The van der Waals surface area contributed by atoms with Gasteiger partial charge in [-0.05, 0) is 30.2 Å². The van der Waals surface area contributed by atoms with E-state index in [0.29, 0.717) is 11.4 Å². The molecule has 1 unspecified atom stereocenters. The topological polar surface area (TPSA) is 78.4 Å². The first-order chi connectivity index (χ1) is 8.88. The Hall–Kier alpha value is -1.88. The average Bonchev–Trinajstić information content (AvgIpc) is 2.30. The van der Waals surface area contributed by atoms with E-state index in [0.717, 1.165) is 0 Å². The second-order valence-corrected chi connectivity index (χ2v) is 4.82. The Kier molecular flexibility index (Phi) is 5.51. The van der Waals surface area contributed by atoms with E-state index in [-0.39, 0.29) is 24.2 Å². The zero-order valence-corrected chi connectivity index (χ0v) is 11.4. The van der Waals surface area contributed by atoms with Crippen LogP contribution in [0.5, 0.6) is 0 Å². The van der Waals surface area contributed by atoms with Gasteiger partial charge in [0.2, 0.25) is 11.8 Å². The van der Waals surface area contributed by atoms with Gasteiger partial charge in [-0.2, -0.15) is 0 Å². The van der Waals surface area contributed by atoms with Gasteiger partial charge in [0, 0.05) is 18.3 Å². The van der Waals surface area contributed by atoms with E-state index in [1.165, 1.54) is 6.92 Å². The maximum Gasteiger partial charge on any atom is 0.226 e. The third kappa shape index (κ3) is 5.52. The highest BCUT2D eigenvalue weighted by Gasteiger charge is 2.14. The van der Waals surface area contributed by atoms with E-state index in [2.05, 4.69) is 10.6 Å². The molecule has 0 aliphatic carbocycles. The highest BCUT2D eigenvalue weighted by Crippen LogP contribution is 2.14. The van der Waals surface area contributed by atoms with Gasteiger partial charge >= 0.3 is 0 Å². The molecule has 0 aromatic heterocycles. The zero-order valence-electron chi connectivity index (χ0n) is 11.4. The van der Waals surface area contributed by atoms with Crippen molar-refractivity contribution in [1.82, 2.24) is 0 Å². The van der Waals surface area contributed by atoms with Crippen molar-refractivity contribution in [1.29, 1.82) is 0 Å². The molecule has 19 heavy (non-hydrogen) atoms. The van der Waals surface area contributed by atoms with Crippen LogP contribution in [0.25, 0.3) is 0 Å². The molecule has 5 heteroatoms. The van der Waals surface area contributed by atoms with E-state index >= 15 is 0 Å². The number of hydrogen-bond acceptors (Lipinski definition) is 3. The lowest BCUT2D eigenvalue weighted by atomic mass is 10.0. The number of nitrogens with one attached hydrogen (secondary N) is 2. The summed E-state index contributed by atoms with van der Waals surface area (Å²) in [5.74, 6) is -0.321. The van der Waals surface area contributed by atoms with Crippen LogP contribution in [0.3, 0.4) is 0 Å². The number of aliphatic hydroxyl groups is 1. The molecule has 0 bridgehead atoms. The number of benzene rings is 1. The Bertz CT molecular complexity index is 441. The van der Waals surface area contributed by atoms with Crippen molar-refractivity contribution in [2.24, 2.45) is 5.92 Å². The second-order valence-electron chi connectivity index (χ2n) is 4.82. The molecule has 0 aliphatic heterocycles. The largest absolute Gasteiger partial charge is 0.392 e. The Morgan fingerprint density at radius 1 is 1.11 bits per heavy atom. The predicted molar refractivity (Wildman–Crippen MR) is 74.8 cm³/mol. The van der Waals surface area contributed by atoms with E-state index < -0.39 is 6.10 Å². The van der Waals surface area contributed by atoms with Gasteiger partial charge in [-0.3, -0.25) is 9.59 Å². The highest BCUT2D eigenvalue weighted by atomic mass is 16.3. The number of aliphatic hydroxyl groups excluding tert-OH is 1. The molecule has 0 saturated carbocycles. The lowest BCUT2D eigenvalue weighted by Gasteiger charge is -2.14. The molecule has 2 amide bonds. The summed E-state index contributed by atoms with van der Waals surface area (Å²) >= 11 is 0. The van der Waals surface area contributed by atoms with Crippen LogP contribution in [0.2, 0.25) is 0 Å². The Labute approximate surface area is 113 Å². The first-order valence-electron chi connectivity index (χ1n) is 6.24. The molecule has 1 aromatic carbocycles. The van der Waals surface area contributed by atoms with Gasteiger partial charge in [0.1, 0.15) is 0 Å². The average molecular weight is 264 g/mol. The molecular weight excluding hydrogens is 244 g/mol. The SMILES string of the molecule is CC(=O)Nc1ccc(NC(=O)CC(O)C(C)C)cc1. The standard InChI is InChI=1S/C14H20N2O3/c1-9(2)13(18)8-14(19)16-12-6-4-11(5-7-12)15-10(3)17/h4-7,9,13,18H,8H2,1-3H3,(H,15,17)(H,16,19). The number of carbonyl (C=O) groups excluding carboxylic acids is 2. The zero-order chi connectivity index (χ0) is 14.4. The fourth-order valence-corrected chi connectivity index (χ4v) is 1.48. The Balaban J connectivity index is 2.53. The molecule has 0 heterocycles. The molecule has 5 nitrogen and oxygen atoms in total. The molecule has 1 aromatic rings. The molecular formula is C14H20N2O3. The summed E-state index contributed by atoms with van der Waals surface area (Å²) in [5, 5.41) is 14.9. The van der Waals surface area contributed by atoms with Crippen molar-refractivity contribution in [2.75, 3.05) is 10.6 Å². The summed E-state index contributed by atoms with van der Waals surface area (Å²) < 4.78 is 0. The van der Waals surface area contributed by atoms with E-state index in [1.807, 2.05) is 13.8 Å². The summed E-state index contributed by atoms with van der Waals surface area (Å²) in [6.45, 7) is 5.16. The van der Waals surface area contributed by atoms with Crippen molar-refractivity contribution in [3.05, 3.63) is 24.3 Å². The highest BCUT2D eigenvalue weighted by molar-refractivity contribution is 5.92. The summed E-state index contributed by atoms with van der Waals surface area (Å²) in [6, 6.07) is 6.81. The van der Waals surface area contributed by atoms with Gasteiger partial charge < -0.3 is 15.7 Å². The monoisotopic (exact) mass is 264 g/mol. The van der Waals surface area contributed by atoms with Gasteiger partial charge in [-0.1, -0.05) is 13.8 Å². The first kappa shape index (κ1) is 15.2. The molecule has 0 aliphatic rings. The fourth-order valence-electron chi connectivity index (χ4n) is 1.48. The minimum Gasteiger partial charge on any atom is -0.392 e. The molecule has 0 spiro atoms. The number of hydrogen-bond donors (Lipinski definition) is 3. The molecule has 0 saturated heterocycles. The molecule has 1 rings (SSSR count). The van der Waals surface area contributed by atoms with E-state index in [1.54, 1.807) is 24.3 Å². The number of anilines is 2. The second kappa shape index (κ2) is 6.89. The predicted octanol–water partition coefficient (Wildman–Crippen LogP) is 1.99. The summed E-state index contributed by atoms with van der Waals surface area (Å²) in [7, 11) is 0. The third-order valence-corrected chi connectivity index (χ3v) is 2.65. The maximum absolute atomic E-state index is 11.6. The van der Waals surface area contributed by atoms with Crippen LogP contribution >= 0.6 is 0 Å². The summed E-state index contributed by atoms with van der Waals surface area (Å²) in [5.41, 5.74) is 1.31. The van der Waals surface area contributed by atoms with Crippen molar-refractivity contribution in [2.45, 2.75) is 33.3 Å². The van der Waals surface area contributed by atoms with Gasteiger partial charge in [-0.25, -0.2) is 0 Å². The van der Waals surface area contributed by atoms with Crippen LogP contribution in [0, 0.1) is 5.92 Å². The smallest absolute Gasteiger partial charge is 0.226 e. The lowest BCUT2D eigenvalue weighted by molar-refractivity contribution is -0.118. The Morgan fingerprint density at radius 3 is 2.00 bits per heavy atom. The first-order valence-corrected chi connectivity index (χ1v) is 6.24. The summed E-state index contributed by atoms with van der Waals surface area (Å²) in [6.07, 6.45) is -0.566. The van der Waals surface area contributed by atoms with Crippen LogP contribution in [-0.4, -0.2) is 23.0 Å². The molecule has 0 radical (unpaired) electrons. The van der Waals surface area contributed by atoms with Crippen LogP contribution in [0.4, 0.5) is 11.4 Å². The lowest BCUT2D eigenvalue weighted by Crippen LogP contribution is -2.23. The van der Waals surface area contributed by atoms with Crippen LogP contribution < -0.4 is 10.6 Å². The van der Waals surface area contributed by atoms with Crippen molar-refractivity contribution < 1.29 is 14.7 Å². The minimum absolute atomic E-state index is 0.0490. The van der Waals surface area contributed by atoms with Gasteiger partial charge in [0.05, 0.1) is 12.5 Å². The van der Waals surface area contributed by atoms with Crippen LogP contribution in [0.1, 0.15) is 27.2 Å². The van der Waals surface area contributed by atoms with Crippen molar-refractivity contribution in [3.63, 3.8) is 0 Å². The van der Waals surface area contributed by atoms with Gasteiger partial charge in [-0.15, -0.1) is 0 Å². The van der Waals surface area contributed by atoms with E-state index in [9.17, 15) is 14.7 Å². The normalized spacial score (nSPS) is 12.1. The number of rotatable bonds is 5. The maximum atomic E-state index is 11.6. The molecule has 3 N–H and O–H groups in total.